The minimum absolute atomic E-state index is 0.330. The molecule has 1 saturated heterocycles. The fourth-order valence-corrected chi connectivity index (χ4v) is 3.54. The number of thiol groups is 1. The van der Waals surface area contributed by atoms with Crippen LogP contribution in [0.1, 0.15) is 18.9 Å². The van der Waals surface area contributed by atoms with Gasteiger partial charge in [-0.15, -0.1) is 0 Å². The van der Waals surface area contributed by atoms with Crippen molar-refractivity contribution in [3.8, 4) is 0 Å². The van der Waals surface area contributed by atoms with Crippen molar-refractivity contribution in [1.82, 2.24) is 9.47 Å². The molecule has 1 aliphatic heterocycles. The van der Waals surface area contributed by atoms with Gasteiger partial charge in [0.2, 0.25) is 0 Å². The Balaban J connectivity index is 2.25. The first kappa shape index (κ1) is 16.2. The van der Waals surface area contributed by atoms with Crippen LogP contribution in [0.25, 0.3) is 0 Å². The summed E-state index contributed by atoms with van der Waals surface area (Å²) in [7, 11) is -5.38. The maximum atomic E-state index is 12.6. The van der Waals surface area contributed by atoms with Crippen LogP contribution < -0.4 is 0 Å². The fourth-order valence-electron chi connectivity index (χ4n) is 2.36. The minimum Gasteiger partial charge on any atom is -0.335 e. The monoisotopic (exact) mass is 342 g/mol. The Labute approximate surface area is 125 Å². The lowest BCUT2D eigenvalue weighted by Gasteiger charge is -2.32. The summed E-state index contributed by atoms with van der Waals surface area (Å²) in [4.78, 5) is 12.5. The molecule has 1 amide bonds. The first-order valence-corrected chi connectivity index (χ1v) is 8.03. The Bertz CT molecular complexity index is 631. The summed E-state index contributed by atoms with van der Waals surface area (Å²) in [6.07, 6.45) is 2.07. The number of piperidine rings is 1. The number of aromatic nitrogens is 1. The van der Waals surface area contributed by atoms with Crippen molar-refractivity contribution in [1.29, 1.82) is 0 Å². The van der Waals surface area contributed by atoms with Crippen LogP contribution >= 0.6 is 12.6 Å². The maximum absolute atomic E-state index is 12.6. The predicted octanol–water partition coefficient (Wildman–Crippen LogP) is 2.47. The molecular formula is C11H13F3N2O3S2. The zero-order valence-corrected chi connectivity index (χ0v) is 12.5. The summed E-state index contributed by atoms with van der Waals surface area (Å²) in [6, 6.07) is 1.82. The van der Waals surface area contributed by atoms with E-state index in [1.807, 2.05) is 0 Å². The second-order valence-electron chi connectivity index (χ2n) is 4.70. The fraction of sp³-hybridized carbons (Fsp3) is 0.545. The van der Waals surface area contributed by atoms with E-state index in [1.165, 1.54) is 17.2 Å². The Morgan fingerprint density at radius 2 is 1.86 bits per heavy atom. The number of amides is 1. The molecule has 0 aromatic carbocycles. The third-order valence-corrected chi connectivity index (χ3v) is 5.24. The second-order valence-corrected chi connectivity index (χ2v) is 6.97. The average molecular weight is 342 g/mol. The molecule has 0 radical (unpaired) electrons. The van der Waals surface area contributed by atoms with E-state index in [4.69, 9.17) is 0 Å². The third kappa shape index (κ3) is 3.05. The lowest BCUT2D eigenvalue weighted by molar-refractivity contribution is -0.0440. The summed E-state index contributed by atoms with van der Waals surface area (Å²) in [6.45, 7) is 0.660. The van der Waals surface area contributed by atoms with Gasteiger partial charge in [0.1, 0.15) is 5.03 Å². The molecule has 2 rings (SSSR count). The molecule has 0 aliphatic carbocycles. The molecule has 1 aromatic heterocycles. The SMILES string of the molecule is O=C(S)N1CCC(n2cccc2S(=O)(=O)C(F)(F)F)CC1. The van der Waals surface area contributed by atoms with Crippen LogP contribution in [0.3, 0.4) is 0 Å². The van der Waals surface area contributed by atoms with Gasteiger partial charge in [-0.1, -0.05) is 12.6 Å². The van der Waals surface area contributed by atoms with Gasteiger partial charge in [0.25, 0.3) is 15.1 Å². The smallest absolute Gasteiger partial charge is 0.335 e. The molecule has 0 bridgehead atoms. The number of carbonyl (C=O) groups excluding carboxylic acids is 1. The molecule has 2 heterocycles. The van der Waals surface area contributed by atoms with Crippen LogP contribution in [0.15, 0.2) is 23.4 Å². The van der Waals surface area contributed by atoms with Crippen molar-refractivity contribution >= 4 is 27.7 Å². The summed E-state index contributed by atoms with van der Waals surface area (Å²) < 4.78 is 62.1. The van der Waals surface area contributed by atoms with Crippen molar-refractivity contribution in [3.05, 3.63) is 18.3 Å². The Hall–Kier alpha value is -1.16. The van der Waals surface area contributed by atoms with Crippen molar-refractivity contribution in [2.45, 2.75) is 29.4 Å². The van der Waals surface area contributed by atoms with Crippen molar-refractivity contribution in [2.24, 2.45) is 0 Å². The zero-order chi connectivity index (χ0) is 15.8. The number of rotatable bonds is 2. The molecule has 118 valence electrons. The standard InChI is InChI=1S/C11H13F3N2O3S2/c12-11(13,14)21(18,19)9-2-1-5-16(9)8-3-6-15(7-4-8)10(17)20/h1-2,5,8H,3-4,6-7H2,(H,17,20). The molecule has 5 nitrogen and oxygen atoms in total. The van der Waals surface area contributed by atoms with E-state index in [2.05, 4.69) is 12.6 Å². The Morgan fingerprint density at radius 1 is 1.29 bits per heavy atom. The van der Waals surface area contributed by atoms with Crippen LogP contribution in [-0.4, -0.2) is 41.7 Å². The van der Waals surface area contributed by atoms with E-state index < -0.39 is 31.7 Å². The molecule has 1 aliphatic rings. The highest BCUT2D eigenvalue weighted by atomic mass is 32.2. The van der Waals surface area contributed by atoms with Crippen LogP contribution in [0.4, 0.5) is 18.0 Å². The number of alkyl halides is 3. The molecule has 0 N–H and O–H groups in total. The largest absolute Gasteiger partial charge is 0.503 e. The average Bonchev–Trinajstić information content (AvgIpc) is 2.87. The number of carbonyl (C=O) groups is 1. The van der Waals surface area contributed by atoms with Crippen molar-refractivity contribution < 1.29 is 26.4 Å². The number of sulfone groups is 1. The van der Waals surface area contributed by atoms with Gasteiger partial charge in [0.15, 0.2) is 0 Å². The second kappa shape index (κ2) is 5.56. The van der Waals surface area contributed by atoms with E-state index >= 15 is 0 Å². The molecule has 1 aromatic rings. The van der Waals surface area contributed by atoms with Gasteiger partial charge in [-0.25, -0.2) is 8.42 Å². The van der Waals surface area contributed by atoms with E-state index in [-0.39, 0.29) is 0 Å². The van der Waals surface area contributed by atoms with Gasteiger partial charge in [-0.05, 0) is 25.0 Å². The predicted molar refractivity (Wildman–Crippen MR) is 71.9 cm³/mol. The first-order chi connectivity index (χ1) is 9.64. The number of nitrogens with zero attached hydrogens (tertiary/aromatic N) is 2. The number of hydrogen-bond acceptors (Lipinski definition) is 3. The lowest BCUT2D eigenvalue weighted by Crippen LogP contribution is -2.37. The normalized spacial score (nSPS) is 18.0. The molecule has 10 heteroatoms. The van der Waals surface area contributed by atoms with Gasteiger partial charge >= 0.3 is 5.51 Å². The molecular weight excluding hydrogens is 329 g/mol. The lowest BCUT2D eigenvalue weighted by atomic mass is 10.1. The first-order valence-electron chi connectivity index (χ1n) is 6.10. The van der Waals surface area contributed by atoms with E-state index in [0.717, 1.165) is 10.6 Å². The number of likely N-dealkylation sites (tertiary alicyclic amines) is 1. The van der Waals surface area contributed by atoms with Crippen molar-refractivity contribution in [2.75, 3.05) is 13.1 Å². The molecule has 1 fully saturated rings. The Morgan fingerprint density at radius 3 is 2.33 bits per heavy atom. The summed E-state index contributed by atoms with van der Waals surface area (Å²) >= 11 is 3.69. The van der Waals surface area contributed by atoms with Crippen LogP contribution in [0.5, 0.6) is 0 Å². The van der Waals surface area contributed by atoms with E-state index in [0.29, 0.717) is 25.9 Å². The van der Waals surface area contributed by atoms with Crippen LogP contribution in [-0.2, 0) is 9.84 Å². The molecule has 0 atom stereocenters. The highest BCUT2D eigenvalue weighted by molar-refractivity contribution is 7.96. The topological polar surface area (TPSA) is 59.4 Å². The highest BCUT2D eigenvalue weighted by Gasteiger charge is 2.48. The van der Waals surface area contributed by atoms with Gasteiger partial charge < -0.3 is 9.47 Å². The molecule has 0 saturated carbocycles. The Kier molecular flexibility index (Phi) is 4.29. The molecule has 21 heavy (non-hydrogen) atoms. The third-order valence-electron chi connectivity index (χ3n) is 3.45. The number of hydrogen-bond donors (Lipinski definition) is 1. The summed E-state index contributed by atoms with van der Waals surface area (Å²) in [5, 5.41) is -1.16. The maximum Gasteiger partial charge on any atom is 0.503 e. The molecule has 0 spiro atoms. The highest BCUT2D eigenvalue weighted by Crippen LogP contribution is 2.34. The summed E-state index contributed by atoms with van der Waals surface area (Å²) in [5.41, 5.74) is -5.33. The van der Waals surface area contributed by atoms with Gasteiger partial charge in [-0.2, -0.15) is 13.2 Å². The van der Waals surface area contributed by atoms with Crippen LogP contribution in [0, 0.1) is 0 Å². The molecule has 0 unspecified atom stereocenters. The van der Waals surface area contributed by atoms with Crippen LogP contribution in [0.2, 0.25) is 0 Å². The quantitative estimate of drug-likeness (QED) is 0.840. The van der Waals surface area contributed by atoms with Gasteiger partial charge in [-0.3, -0.25) is 4.79 Å². The van der Waals surface area contributed by atoms with E-state index in [9.17, 15) is 26.4 Å². The summed E-state index contributed by atoms with van der Waals surface area (Å²) in [5.74, 6) is 0. The van der Waals surface area contributed by atoms with E-state index in [1.54, 1.807) is 0 Å². The van der Waals surface area contributed by atoms with Gasteiger partial charge in [0, 0.05) is 25.3 Å². The minimum atomic E-state index is -5.38. The van der Waals surface area contributed by atoms with Crippen molar-refractivity contribution in [3.63, 3.8) is 0 Å². The number of halogens is 3. The zero-order valence-electron chi connectivity index (χ0n) is 10.7. The van der Waals surface area contributed by atoms with Gasteiger partial charge in [0.05, 0.1) is 0 Å².